The predicted molar refractivity (Wildman–Crippen MR) is 134 cm³/mol. The zero-order valence-corrected chi connectivity index (χ0v) is 21.6. The van der Waals surface area contributed by atoms with Gasteiger partial charge >= 0.3 is 6.18 Å². The van der Waals surface area contributed by atoms with Crippen LogP contribution in [0.25, 0.3) is 11.0 Å². The van der Waals surface area contributed by atoms with Crippen molar-refractivity contribution in [1.82, 2.24) is 25.5 Å². The van der Waals surface area contributed by atoms with Crippen LogP contribution in [0.5, 0.6) is 5.75 Å². The Morgan fingerprint density at radius 2 is 1.81 bits per heavy atom. The molecule has 0 radical (unpaired) electrons. The summed E-state index contributed by atoms with van der Waals surface area (Å²) in [5, 5.41) is 17.9. The first-order chi connectivity index (χ1) is 17.4. The highest BCUT2D eigenvalue weighted by Crippen LogP contribution is 2.40. The third-order valence-corrected chi connectivity index (χ3v) is 6.15. The molecule has 0 unspecified atom stereocenters. The van der Waals surface area contributed by atoms with Crippen LogP contribution < -0.4 is 5.32 Å². The van der Waals surface area contributed by atoms with Crippen LogP contribution in [0.2, 0.25) is 0 Å². The first-order valence-electron chi connectivity index (χ1n) is 12.1. The van der Waals surface area contributed by atoms with Crippen molar-refractivity contribution in [1.29, 1.82) is 0 Å². The maximum absolute atomic E-state index is 12.1. The maximum Gasteiger partial charge on any atom is 0.405 e. The summed E-state index contributed by atoms with van der Waals surface area (Å²) in [6.07, 6.45) is 4.26. The Morgan fingerprint density at radius 1 is 1.14 bits per heavy atom. The summed E-state index contributed by atoms with van der Waals surface area (Å²) >= 11 is 0. The largest absolute Gasteiger partial charge is 0.506 e. The fraction of sp³-hybridized carbons (Fsp3) is 0.500. The summed E-state index contributed by atoms with van der Waals surface area (Å²) in [7, 11) is 0. The number of aromatic nitrogens is 4. The molecule has 0 atom stereocenters. The number of hydrogen-bond donors (Lipinski definition) is 3. The molecule has 202 valence electrons. The highest BCUT2D eigenvalue weighted by molar-refractivity contribution is 5.88. The molecule has 11 heteroatoms. The maximum atomic E-state index is 12.1. The molecule has 0 aliphatic heterocycles. The van der Waals surface area contributed by atoms with Crippen LogP contribution >= 0.6 is 0 Å². The van der Waals surface area contributed by atoms with Gasteiger partial charge in [0.2, 0.25) is 5.91 Å². The molecular formula is C26H34F3N5O3. The van der Waals surface area contributed by atoms with Gasteiger partial charge in [-0.3, -0.25) is 19.7 Å². The van der Waals surface area contributed by atoms with Crippen molar-refractivity contribution in [2.45, 2.75) is 77.8 Å². The molecule has 3 aromatic heterocycles. The van der Waals surface area contributed by atoms with Crippen LogP contribution in [0, 0.1) is 13.8 Å². The van der Waals surface area contributed by atoms with E-state index in [-0.39, 0.29) is 17.6 Å². The highest BCUT2D eigenvalue weighted by atomic mass is 19.4. The van der Waals surface area contributed by atoms with Gasteiger partial charge in [-0.15, -0.1) is 0 Å². The van der Waals surface area contributed by atoms with Crippen LogP contribution in [0.15, 0.2) is 30.6 Å². The average molecular weight is 522 g/mol. The number of pyridine rings is 2. The second kappa shape index (κ2) is 13.2. The van der Waals surface area contributed by atoms with Gasteiger partial charge in [0, 0.05) is 17.5 Å². The van der Waals surface area contributed by atoms with E-state index in [9.17, 15) is 22.8 Å². The number of fused-ring (bicyclic) bond motifs is 1. The number of carbonyl (C=O) groups excluding carboxylic acids is 2. The van der Waals surface area contributed by atoms with Gasteiger partial charge < -0.3 is 10.4 Å². The van der Waals surface area contributed by atoms with Gasteiger partial charge in [-0.05, 0) is 51.3 Å². The molecule has 0 spiro atoms. The molecule has 1 aliphatic rings. The number of H-pyrrole nitrogens is 1. The number of nitrogens with one attached hydrogen (secondary N) is 2. The number of rotatable bonds is 4. The summed E-state index contributed by atoms with van der Waals surface area (Å²) in [5.41, 5.74) is 3.60. The van der Waals surface area contributed by atoms with E-state index in [0.29, 0.717) is 11.4 Å². The lowest BCUT2D eigenvalue weighted by atomic mass is 9.68. The zero-order valence-electron chi connectivity index (χ0n) is 21.6. The molecule has 1 saturated carbocycles. The second-order valence-corrected chi connectivity index (χ2v) is 9.06. The molecule has 3 heterocycles. The molecular weight excluding hydrogens is 487 g/mol. The minimum Gasteiger partial charge on any atom is -0.506 e. The van der Waals surface area contributed by atoms with Gasteiger partial charge in [-0.25, -0.2) is 4.98 Å². The molecule has 1 amide bonds. The van der Waals surface area contributed by atoms with Gasteiger partial charge in [0.05, 0.1) is 23.5 Å². The van der Waals surface area contributed by atoms with Crippen LogP contribution in [-0.4, -0.2) is 49.7 Å². The van der Waals surface area contributed by atoms with Gasteiger partial charge in [0.15, 0.2) is 5.65 Å². The number of amides is 1. The number of aromatic amines is 1. The quantitative estimate of drug-likeness (QED) is 0.433. The lowest BCUT2D eigenvalue weighted by molar-refractivity contribution is -0.138. The summed E-state index contributed by atoms with van der Waals surface area (Å²) in [5.74, 6) is -0.135. The van der Waals surface area contributed by atoms with E-state index in [1.54, 1.807) is 24.5 Å². The van der Waals surface area contributed by atoms with E-state index in [1.165, 1.54) is 19.5 Å². The Balaban J connectivity index is 0.000000208. The minimum absolute atomic E-state index is 0.0794. The van der Waals surface area contributed by atoms with Gasteiger partial charge in [-0.2, -0.15) is 18.3 Å². The van der Waals surface area contributed by atoms with Crippen molar-refractivity contribution in [2.75, 3.05) is 6.54 Å². The number of ketones is 1. The van der Waals surface area contributed by atoms with Crippen LogP contribution in [0.4, 0.5) is 13.2 Å². The summed E-state index contributed by atoms with van der Waals surface area (Å²) < 4.78 is 34.0. The monoisotopic (exact) mass is 521 g/mol. The number of aromatic hydroxyl groups is 1. The number of nitrogens with zero attached hydrogens (tertiary/aromatic N) is 3. The molecule has 1 fully saturated rings. The second-order valence-electron chi connectivity index (χ2n) is 9.06. The Kier molecular flexibility index (Phi) is 10.6. The molecule has 3 N–H and O–H groups in total. The molecule has 0 saturated heterocycles. The minimum atomic E-state index is -4.30. The number of alkyl halides is 3. The van der Waals surface area contributed by atoms with E-state index in [2.05, 4.69) is 33.2 Å². The molecule has 3 aromatic rings. The molecule has 4 rings (SSSR count). The summed E-state index contributed by atoms with van der Waals surface area (Å²) in [4.78, 5) is 30.9. The van der Waals surface area contributed by atoms with Crippen LogP contribution in [-0.2, 0) is 15.0 Å². The summed E-state index contributed by atoms with van der Waals surface area (Å²) in [6.45, 7) is 6.06. The zero-order chi connectivity index (χ0) is 27.6. The molecule has 1 aliphatic carbocycles. The van der Waals surface area contributed by atoms with Crippen LogP contribution in [0.3, 0.4) is 0 Å². The third-order valence-electron chi connectivity index (χ3n) is 6.15. The van der Waals surface area contributed by atoms with Gasteiger partial charge in [0.25, 0.3) is 0 Å². The first-order valence-corrected chi connectivity index (χ1v) is 12.1. The number of Topliss-reactive ketones (excluding diaryl/α,β-unsaturated/α-hetero) is 1. The number of carbonyl (C=O) groups is 2. The topological polar surface area (TPSA) is 121 Å². The number of aryl methyl sites for hydroxylation is 2. The number of halogens is 3. The fourth-order valence-electron chi connectivity index (χ4n) is 4.17. The average Bonchev–Trinajstić information content (AvgIpc) is 3.32. The van der Waals surface area contributed by atoms with E-state index in [1.807, 2.05) is 13.0 Å². The highest BCUT2D eigenvalue weighted by Gasteiger charge is 2.40. The SMILES string of the molecule is CC(=O)C1(c2nc(C)ccc2C)CCCCC1.CCC(=O)NCC(F)(F)F.Oc1cnc2[nH]ncc2c1. The lowest BCUT2D eigenvalue weighted by Crippen LogP contribution is -2.38. The number of hydrogen-bond acceptors (Lipinski definition) is 6. The smallest absolute Gasteiger partial charge is 0.405 e. The fourth-order valence-corrected chi connectivity index (χ4v) is 4.17. The molecule has 37 heavy (non-hydrogen) atoms. The van der Waals surface area contributed by atoms with E-state index >= 15 is 0 Å². The molecule has 0 aromatic carbocycles. The standard InChI is InChI=1S/C15H21NO.C6H5N3O.C5H8F3NO/c1-11-7-8-12(2)16-14(11)15(13(3)17)9-5-4-6-10-15;10-5-1-4-2-8-9-6(4)7-3-5;1-2-4(10)9-3-5(6,7)8/h7-8H,4-6,9-10H2,1-3H3;1-3,10H,(H,7,8,9);2-3H2,1H3,(H,9,10). The Bertz CT molecular complexity index is 1190. The van der Waals surface area contributed by atoms with Crippen molar-refractivity contribution >= 4 is 22.7 Å². The van der Waals surface area contributed by atoms with Crippen molar-refractivity contribution in [3.05, 3.63) is 47.5 Å². The van der Waals surface area contributed by atoms with E-state index < -0.39 is 18.6 Å². The molecule has 8 nitrogen and oxygen atoms in total. The Hall–Kier alpha value is -3.50. The third kappa shape index (κ3) is 8.83. The molecule has 0 bridgehead atoms. The first kappa shape index (κ1) is 29.7. The normalized spacial score (nSPS) is 14.6. The van der Waals surface area contributed by atoms with Crippen molar-refractivity contribution in [2.24, 2.45) is 0 Å². The van der Waals surface area contributed by atoms with Crippen molar-refractivity contribution < 1.29 is 27.9 Å². The van der Waals surface area contributed by atoms with E-state index in [4.69, 9.17) is 5.11 Å². The Labute approximate surface area is 214 Å². The van der Waals surface area contributed by atoms with Gasteiger partial charge in [0.1, 0.15) is 18.1 Å². The van der Waals surface area contributed by atoms with Crippen molar-refractivity contribution in [3.63, 3.8) is 0 Å². The van der Waals surface area contributed by atoms with Gasteiger partial charge in [-0.1, -0.05) is 32.3 Å². The predicted octanol–water partition coefficient (Wildman–Crippen LogP) is 5.23. The Morgan fingerprint density at radius 3 is 2.41 bits per heavy atom. The van der Waals surface area contributed by atoms with E-state index in [0.717, 1.165) is 48.0 Å². The lowest BCUT2D eigenvalue weighted by Gasteiger charge is -2.35. The van der Waals surface area contributed by atoms with Crippen LogP contribution in [0.1, 0.15) is 69.3 Å². The van der Waals surface area contributed by atoms with Crippen molar-refractivity contribution in [3.8, 4) is 5.75 Å². The summed E-state index contributed by atoms with van der Waals surface area (Å²) in [6, 6.07) is 5.72.